The van der Waals surface area contributed by atoms with Gasteiger partial charge in [0.05, 0.1) is 11.6 Å². The fraction of sp³-hybridized carbons (Fsp3) is 0.529. The fourth-order valence-electron chi connectivity index (χ4n) is 2.72. The molecule has 0 aromatic heterocycles. The molecule has 1 N–H and O–H groups in total. The molecule has 0 bridgehead atoms. The highest BCUT2D eigenvalue weighted by Gasteiger charge is 2.23. The molecule has 1 fully saturated rings. The average molecular weight is 300 g/mol. The van der Waals surface area contributed by atoms with Crippen LogP contribution in [0.5, 0.6) is 0 Å². The van der Waals surface area contributed by atoms with E-state index in [0.717, 1.165) is 25.2 Å². The number of rotatable bonds is 6. The monoisotopic (exact) mass is 300 g/mol. The van der Waals surface area contributed by atoms with Gasteiger partial charge in [-0.1, -0.05) is 12.1 Å². The Morgan fingerprint density at radius 2 is 2.18 bits per heavy atom. The predicted octanol–water partition coefficient (Wildman–Crippen LogP) is 1.20. The number of nitrogens with one attached hydrogen (secondary N) is 1. The van der Waals surface area contributed by atoms with E-state index in [0.29, 0.717) is 24.6 Å². The minimum Gasteiger partial charge on any atom is -0.352 e. The molecule has 1 aromatic carbocycles. The molecule has 5 nitrogen and oxygen atoms in total. The first kappa shape index (κ1) is 16.5. The van der Waals surface area contributed by atoms with E-state index in [4.69, 9.17) is 5.26 Å². The van der Waals surface area contributed by atoms with Gasteiger partial charge in [-0.25, -0.2) is 0 Å². The zero-order valence-electron chi connectivity index (χ0n) is 13.4. The first-order valence-corrected chi connectivity index (χ1v) is 7.73. The van der Waals surface area contributed by atoms with E-state index in [-0.39, 0.29) is 5.91 Å². The van der Waals surface area contributed by atoms with Crippen molar-refractivity contribution in [1.82, 2.24) is 15.1 Å². The van der Waals surface area contributed by atoms with Crippen molar-refractivity contribution in [3.63, 3.8) is 0 Å². The summed E-state index contributed by atoms with van der Waals surface area (Å²) in [5.41, 5.74) is 1.65. The third kappa shape index (κ3) is 4.83. The maximum atomic E-state index is 11.9. The van der Waals surface area contributed by atoms with Crippen LogP contribution in [0, 0.1) is 11.3 Å². The number of benzene rings is 1. The number of carbonyl (C=O) groups excluding carboxylic acids is 1. The second-order valence-electron chi connectivity index (χ2n) is 6.02. The van der Waals surface area contributed by atoms with Crippen molar-refractivity contribution in [1.29, 1.82) is 5.26 Å². The van der Waals surface area contributed by atoms with Crippen LogP contribution >= 0.6 is 0 Å². The standard InChI is InChI=1S/C17H24N4O/c1-20-9-7-16(13-20)21(2)10-8-17(22)19-12-15-5-3-14(11-18)4-6-15/h3-6,16H,7-10,12-13H2,1-2H3,(H,19,22). The van der Waals surface area contributed by atoms with Gasteiger partial charge in [0.1, 0.15) is 0 Å². The van der Waals surface area contributed by atoms with E-state index in [9.17, 15) is 4.79 Å². The third-order valence-electron chi connectivity index (χ3n) is 4.25. The maximum Gasteiger partial charge on any atom is 0.221 e. The minimum atomic E-state index is 0.0718. The summed E-state index contributed by atoms with van der Waals surface area (Å²) in [5.74, 6) is 0.0718. The lowest BCUT2D eigenvalue weighted by Gasteiger charge is -2.23. The summed E-state index contributed by atoms with van der Waals surface area (Å²) in [4.78, 5) is 16.5. The van der Waals surface area contributed by atoms with E-state index in [2.05, 4.69) is 35.3 Å². The summed E-state index contributed by atoms with van der Waals surface area (Å²) in [5, 5.41) is 11.7. The quantitative estimate of drug-likeness (QED) is 0.857. The third-order valence-corrected chi connectivity index (χ3v) is 4.25. The molecule has 1 aromatic rings. The van der Waals surface area contributed by atoms with Crippen molar-refractivity contribution in [3.8, 4) is 6.07 Å². The highest BCUT2D eigenvalue weighted by atomic mass is 16.1. The summed E-state index contributed by atoms with van der Waals surface area (Å²) >= 11 is 0. The van der Waals surface area contributed by atoms with Gasteiger partial charge in [0.2, 0.25) is 5.91 Å². The number of nitriles is 1. The molecule has 2 rings (SSSR count). The predicted molar refractivity (Wildman–Crippen MR) is 86.2 cm³/mol. The van der Waals surface area contributed by atoms with Crippen molar-refractivity contribution in [2.75, 3.05) is 33.7 Å². The number of hydrogen-bond acceptors (Lipinski definition) is 4. The number of likely N-dealkylation sites (N-methyl/N-ethyl adjacent to an activating group) is 2. The van der Waals surface area contributed by atoms with Crippen LogP contribution in [-0.2, 0) is 11.3 Å². The second kappa shape index (κ2) is 7.92. The molecular weight excluding hydrogens is 276 g/mol. The summed E-state index contributed by atoms with van der Waals surface area (Å²) in [7, 11) is 4.23. The molecule has 0 aliphatic carbocycles. The number of hydrogen-bond donors (Lipinski definition) is 1. The van der Waals surface area contributed by atoms with Crippen LogP contribution in [0.25, 0.3) is 0 Å². The van der Waals surface area contributed by atoms with Gasteiger partial charge >= 0.3 is 0 Å². The first-order chi connectivity index (χ1) is 10.6. The number of carbonyl (C=O) groups is 1. The molecule has 1 aliphatic rings. The van der Waals surface area contributed by atoms with Gasteiger partial charge in [0.15, 0.2) is 0 Å². The van der Waals surface area contributed by atoms with Gasteiger partial charge in [-0.3, -0.25) is 4.79 Å². The largest absolute Gasteiger partial charge is 0.352 e. The summed E-state index contributed by atoms with van der Waals surface area (Å²) < 4.78 is 0. The molecule has 1 heterocycles. The highest BCUT2D eigenvalue weighted by Crippen LogP contribution is 2.12. The van der Waals surface area contributed by atoms with E-state index < -0.39 is 0 Å². The van der Waals surface area contributed by atoms with Crippen LogP contribution in [-0.4, -0.2) is 55.5 Å². The Morgan fingerprint density at radius 3 is 2.77 bits per heavy atom. The highest BCUT2D eigenvalue weighted by molar-refractivity contribution is 5.76. The van der Waals surface area contributed by atoms with Gasteiger partial charge < -0.3 is 15.1 Å². The van der Waals surface area contributed by atoms with E-state index >= 15 is 0 Å². The lowest BCUT2D eigenvalue weighted by atomic mass is 10.1. The lowest BCUT2D eigenvalue weighted by molar-refractivity contribution is -0.121. The topological polar surface area (TPSA) is 59.4 Å². The van der Waals surface area contributed by atoms with E-state index in [1.54, 1.807) is 12.1 Å². The molecule has 118 valence electrons. The molecule has 22 heavy (non-hydrogen) atoms. The maximum absolute atomic E-state index is 11.9. The summed E-state index contributed by atoms with van der Waals surface area (Å²) in [6, 6.07) is 9.94. The van der Waals surface area contributed by atoms with Crippen molar-refractivity contribution in [3.05, 3.63) is 35.4 Å². The number of nitrogens with zero attached hydrogens (tertiary/aromatic N) is 3. The van der Waals surface area contributed by atoms with Crippen LogP contribution in [0.2, 0.25) is 0 Å². The van der Waals surface area contributed by atoms with Gasteiger partial charge in [-0.05, 0) is 44.8 Å². The van der Waals surface area contributed by atoms with Gasteiger partial charge in [-0.15, -0.1) is 0 Å². The molecule has 1 saturated heterocycles. The summed E-state index contributed by atoms with van der Waals surface area (Å²) in [6.45, 7) is 3.53. The molecular formula is C17H24N4O. The molecule has 0 spiro atoms. The van der Waals surface area contributed by atoms with Gasteiger partial charge in [0.25, 0.3) is 0 Å². The van der Waals surface area contributed by atoms with Crippen molar-refractivity contribution < 1.29 is 4.79 Å². The minimum absolute atomic E-state index is 0.0718. The van der Waals surface area contributed by atoms with Crippen molar-refractivity contribution in [2.24, 2.45) is 0 Å². The van der Waals surface area contributed by atoms with Crippen LogP contribution < -0.4 is 5.32 Å². The Labute approximate surface area is 132 Å². The Hall–Kier alpha value is -1.90. The average Bonchev–Trinajstić information content (AvgIpc) is 2.97. The zero-order chi connectivity index (χ0) is 15.9. The number of amides is 1. The smallest absolute Gasteiger partial charge is 0.221 e. The Balaban J connectivity index is 1.68. The zero-order valence-corrected chi connectivity index (χ0v) is 13.4. The van der Waals surface area contributed by atoms with Crippen molar-refractivity contribution >= 4 is 5.91 Å². The Morgan fingerprint density at radius 1 is 1.45 bits per heavy atom. The molecule has 1 unspecified atom stereocenters. The Bertz CT molecular complexity index is 535. The molecule has 1 amide bonds. The van der Waals surface area contributed by atoms with E-state index in [1.807, 2.05) is 12.1 Å². The molecule has 0 saturated carbocycles. The lowest BCUT2D eigenvalue weighted by Crippen LogP contribution is -2.36. The molecule has 1 atom stereocenters. The van der Waals surface area contributed by atoms with Crippen LogP contribution in [0.4, 0.5) is 0 Å². The normalized spacial score (nSPS) is 18.4. The van der Waals surface area contributed by atoms with Crippen LogP contribution in [0.3, 0.4) is 0 Å². The van der Waals surface area contributed by atoms with Gasteiger partial charge in [0, 0.05) is 32.1 Å². The second-order valence-corrected chi connectivity index (χ2v) is 6.02. The molecule has 1 aliphatic heterocycles. The van der Waals surface area contributed by atoms with Gasteiger partial charge in [-0.2, -0.15) is 5.26 Å². The number of likely N-dealkylation sites (tertiary alicyclic amines) is 1. The van der Waals surface area contributed by atoms with Crippen LogP contribution in [0.15, 0.2) is 24.3 Å². The van der Waals surface area contributed by atoms with Crippen LogP contribution in [0.1, 0.15) is 24.0 Å². The SMILES string of the molecule is CN1CCC(N(C)CCC(=O)NCc2ccc(C#N)cc2)C1. The Kier molecular flexibility index (Phi) is 5.93. The first-order valence-electron chi connectivity index (χ1n) is 7.73. The molecule has 5 heteroatoms. The fourth-order valence-corrected chi connectivity index (χ4v) is 2.72. The summed E-state index contributed by atoms with van der Waals surface area (Å²) in [6.07, 6.45) is 1.70. The van der Waals surface area contributed by atoms with Crippen molar-refractivity contribution in [2.45, 2.75) is 25.4 Å². The molecule has 0 radical (unpaired) electrons. The van der Waals surface area contributed by atoms with E-state index in [1.165, 1.54) is 6.42 Å².